The molecular formula is C18H17LiNaOP. The summed E-state index contributed by atoms with van der Waals surface area (Å²) < 4.78 is 13.8. The van der Waals surface area contributed by atoms with Gasteiger partial charge in [-0.1, -0.05) is 91.0 Å². The standard InChI is InChI=1S/C18H15OP.Li.Na.2H/c19-20(16-10-4-1-5-11-16,17-12-6-2-7-13-17)18-14-8-3-9-15-18;;;;/h1-15H;;;;/q;2*+1;2*-1. The van der Waals surface area contributed by atoms with Crippen LogP contribution in [0.4, 0.5) is 0 Å². The van der Waals surface area contributed by atoms with Gasteiger partial charge in [0, 0.05) is 15.9 Å². The van der Waals surface area contributed by atoms with Gasteiger partial charge in [0.25, 0.3) is 0 Å². The third-order valence-corrected chi connectivity index (χ3v) is 6.44. The van der Waals surface area contributed by atoms with Gasteiger partial charge < -0.3 is 7.42 Å². The molecule has 0 amide bonds. The zero-order valence-corrected chi connectivity index (χ0v) is 15.9. The molecule has 0 spiro atoms. The second-order valence-electron chi connectivity index (χ2n) is 4.62. The Labute approximate surface area is 169 Å². The maximum absolute atomic E-state index is 13.8. The zero-order valence-electron chi connectivity index (χ0n) is 15.0. The van der Waals surface area contributed by atoms with Gasteiger partial charge in [0.05, 0.1) is 0 Å². The summed E-state index contributed by atoms with van der Waals surface area (Å²) in [5.74, 6) is 0. The van der Waals surface area contributed by atoms with E-state index in [1.807, 2.05) is 91.0 Å². The minimum atomic E-state index is -2.78. The van der Waals surface area contributed by atoms with Gasteiger partial charge in [-0.15, -0.1) is 0 Å². The van der Waals surface area contributed by atoms with Crippen molar-refractivity contribution in [2.45, 2.75) is 0 Å². The van der Waals surface area contributed by atoms with Crippen LogP contribution in [0.3, 0.4) is 0 Å². The van der Waals surface area contributed by atoms with Crippen LogP contribution < -0.4 is 64.3 Å². The maximum Gasteiger partial charge on any atom is 1.00 e. The van der Waals surface area contributed by atoms with E-state index in [0.717, 1.165) is 15.9 Å². The minimum absolute atomic E-state index is 0. The van der Waals surface area contributed by atoms with Crippen molar-refractivity contribution in [3.05, 3.63) is 91.0 Å². The molecule has 0 radical (unpaired) electrons. The molecule has 0 N–H and O–H groups in total. The van der Waals surface area contributed by atoms with Crippen molar-refractivity contribution in [2.75, 3.05) is 0 Å². The van der Waals surface area contributed by atoms with Gasteiger partial charge in [0.2, 0.25) is 0 Å². The fourth-order valence-corrected chi connectivity index (χ4v) is 5.03. The monoisotopic (exact) mass is 310 g/mol. The summed E-state index contributed by atoms with van der Waals surface area (Å²) in [6, 6.07) is 29.1. The first kappa shape index (κ1) is 19.5. The summed E-state index contributed by atoms with van der Waals surface area (Å²) in [6.45, 7) is 0. The maximum atomic E-state index is 13.8. The van der Waals surface area contributed by atoms with E-state index in [4.69, 9.17) is 0 Å². The van der Waals surface area contributed by atoms with Crippen molar-refractivity contribution < 1.29 is 55.8 Å². The fraction of sp³-hybridized carbons (Fsp3) is 0. The third-order valence-electron chi connectivity index (χ3n) is 3.36. The van der Waals surface area contributed by atoms with Gasteiger partial charge in [-0.2, -0.15) is 0 Å². The van der Waals surface area contributed by atoms with Crippen LogP contribution in [0.1, 0.15) is 2.85 Å². The molecule has 3 aromatic rings. The quantitative estimate of drug-likeness (QED) is 0.388. The Kier molecular flexibility index (Phi) is 7.94. The molecule has 0 saturated heterocycles. The second-order valence-corrected chi connectivity index (χ2v) is 7.38. The molecule has 0 bridgehead atoms. The summed E-state index contributed by atoms with van der Waals surface area (Å²) in [5, 5.41) is 2.62. The second kappa shape index (κ2) is 8.95. The van der Waals surface area contributed by atoms with Crippen LogP contribution >= 0.6 is 7.14 Å². The largest absolute Gasteiger partial charge is 1.00 e. The molecule has 3 aromatic carbocycles. The Morgan fingerprint density at radius 3 is 1.00 bits per heavy atom. The molecule has 0 aliphatic rings. The molecule has 1 nitrogen and oxygen atoms in total. The molecule has 22 heavy (non-hydrogen) atoms. The summed E-state index contributed by atoms with van der Waals surface area (Å²) in [6.07, 6.45) is 0. The summed E-state index contributed by atoms with van der Waals surface area (Å²) in [5.41, 5.74) is 0. The Morgan fingerprint density at radius 2 is 0.773 bits per heavy atom. The van der Waals surface area contributed by atoms with E-state index in [1.165, 1.54) is 0 Å². The fourth-order valence-electron chi connectivity index (χ4n) is 2.36. The van der Waals surface area contributed by atoms with Gasteiger partial charge in [-0.05, 0) is 0 Å². The van der Waals surface area contributed by atoms with Gasteiger partial charge >= 0.3 is 48.4 Å². The Hall–Kier alpha value is -0.513. The minimum Gasteiger partial charge on any atom is -1.00 e. The Bertz CT molecular complexity index is 639. The molecule has 0 atom stereocenters. The zero-order chi connectivity index (χ0) is 13.8. The van der Waals surface area contributed by atoms with E-state index in [9.17, 15) is 4.57 Å². The molecule has 4 heteroatoms. The molecule has 0 unspecified atom stereocenters. The molecule has 0 aliphatic carbocycles. The van der Waals surface area contributed by atoms with Crippen molar-refractivity contribution in [1.82, 2.24) is 0 Å². The molecule has 102 valence electrons. The topological polar surface area (TPSA) is 17.1 Å². The Morgan fingerprint density at radius 1 is 0.545 bits per heavy atom. The molecule has 0 aliphatic heterocycles. The summed E-state index contributed by atoms with van der Waals surface area (Å²) in [7, 11) is -2.78. The van der Waals surface area contributed by atoms with Gasteiger partial charge in [-0.25, -0.2) is 0 Å². The van der Waals surface area contributed by atoms with Crippen LogP contribution in [0.5, 0.6) is 0 Å². The average molecular weight is 310 g/mol. The smallest absolute Gasteiger partial charge is 1.00 e. The van der Waals surface area contributed by atoms with Crippen molar-refractivity contribution in [2.24, 2.45) is 0 Å². The van der Waals surface area contributed by atoms with Crippen molar-refractivity contribution in [3.63, 3.8) is 0 Å². The molecule has 0 saturated carbocycles. The molecular weight excluding hydrogens is 293 g/mol. The normalized spacial score (nSPS) is 10.2. The predicted octanol–water partition coefficient (Wildman–Crippen LogP) is -2.44. The van der Waals surface area contributed by atoms with Crippen molar-refractivity contribution in [3.8, 4) is 0 Å². The van der Waals surface area contributed by atoms with Gasteiger partial charge in [0.15, 0.2) is 7.14 Å². The summed E-state index contributed by atoms with van der Waals surface area (Å²) in [4.78, 5) is 0. The van der Waals surface area contributed by atoms with Crippen LogP contribution in [-0.4, -0.2) is 0 Å². The molecule has 0 aromatic heterocycles. The molecule has 0 fully saturated rings. The summed E-state index contributed by atoms with van der Waals surface area (Å²) >= 11 is 0. The van der Waals surface area contributed by atoms with Crippen LogP contribution in [0.15, 0.2) is 91.0 Å². The molecule has 3 rings (SSSR count). The Balaban J connectivity index is 0. The van der Waals surface area contributed by atoms with E-state index in [2.05, 4.69) is 0 Å². The average Bonchev–Trinajstić information content (AvgIpc) is 2.56. The first-order valence-corrected chi connectivity index (χ1v) is 8.29. The van der Waals surface area contributed by atoms with E-state index in [0.29, 0.717) is 0 Å². The van der Waals surface area contributed by atoms with Crippen LogP contribution in [0.25, 0.3) is 0 Å². The van der Waals surface area contributed by atoms with E-state index < -0.39 is 7.14 Å². The third kappa shape index (κ3) is 3.87. The number of hydrogen-bond acceptors (Lipinski definition) is 1. The first-order valence-electron chi connectivity index (χ1n) is 6.59. The van der Waals surface area contributed by atoms with Crippen LogP contribution in [0.2, 0.25) is 0 Å². The predicted molar refractivity (Wildman–Crippen MR) is 88.1 cm³/mol. The van der Waals surface area contributed by atoms with E-state index >= 15 is 0 Å². The van der Waals surface area contributed by atoms with E-state index in [-0.39, 0.29) is 51.3 Å². The number of benzene rings is 3. The van der Waals surface area contributed by atoms with Crippen molar-refractivity contribution in [1.29, 1.82) is 0 Å². The first-order chi connectivity index (χ1) is 9.82. The van der Waals surface area contributed by atoms with Gasteiger partial charge in [-0.3, -0.25) is 0 Å². The van der Waals surface area contributed by atoms with Gasteiger partial charge in [0.1, 0.15) is 0 Å². The van der Waals surface area contributed by atoms with E-state index in [1.54, 1.807) is 0 Å². The number of hydrogen-bond donors (Lipinski definition) is 0. The molecule has 0 heterocycles. The van der Waals surface area contributed by atoms with Crippen molar-refractivity contribution >= 4 is 23.1 Å². The SMILES string of the molecule is O=P(c1ccccc1)(c1ccccc1)c1ccccc1.[H-].[H-].[Li+].[Na+]. The number of rotatable bonds is 3. The van der Waals surface area contributed by atoms with Crippen LogP contribution in [-0.2, 0) is 4.57 Å². The van der Waals surface area contributed by atoms with Crippen LogP contribution in [0, 0.1) is 0 Å².